The largest absolute Gasteiger partial charge is 0.454 e. The number of aromatic nitrogens is 1. The molecular weight excluding hydrogens is 259 g/mol. The number of nitrogens with zero attached hydrogens (tertiary/aromatic N) is 1. The molecule has 1 aromatic carbocycles. The fourth-order valence-electron chi connectivity index (χ4n) is 1.56. The number of benzene rings is 1. The van der Waals surface area contributed by atoms with Crippen LogP contribution in [0.2, 0.25) is 0 Å². The zero-order valence-electron chi connectivity index (χ0n) is 10.5. The number of halogens is 1. The Balaban J connectivity index is 2.36. The van der Waals surface area contributed by atoms with Crippen LogP contribution in [-0.2, 0) is 0 Å². The molecular formula is C14H13FN4O. The zero-order valence-corrected chi connectivity index (χ0v) is 10.5. The van der Waals surface area contributed by atoms with Gasteiger partial charge in [-0.2, -0.15) is 0 Å². The first-order chi connectivity index (χ1) is 9.65. The van der Waals surface area contributed by atoms with Gasteiger partial charge in [-0.05, 0) is 24.3 Å². The number of pyridine rings is 1. The van der Waals surface area contributed by atoms with Gasteiger partial charge >= 0.3 is 0 Å². The van der Waals surface area contributed by atoms with E-state index in [0.717, 1.165) is 12.4 Å². The number of anilines is 1. The van der Waals surface area contributed by atoms with Crippen LogP contribution in [0.3, 0.4) is 0 Å². The molecule has 1 aromatic heterocycles. The summed E-state index contributed by atoms with van der Waals surface area (Å²) in [5.74, 6) is -0.228. The number of hydrogen-bond acceptors (Lipinski definition) is 5. The molecule has 6 heteroatoms. The summed E-state index contributed by atoms with van der Waals surface area (Å²) in [7, 11) is 0. The zero-order chi connectivity index (χ0) is 14.5. The van der Waals surface area contributed by atoms with Crippen molar-refractivity contribution < 1.29 is 9.13 Å². The lowest BCUT2D eigenvalue weighted by Crippen LogP contribution is -2.00. The Labute approximate surface area is 115 Å². The fraction of sp³-hybridized carbons (Fsp3) is 0. The van der Waals surface area contributed by atoms with Crippen LogP contribution in [-0.4, -0.2) is 11.2 Å². The molecule has 5 nitrogen and oxygen atoms in total. The van der Waals surface area contributed by atoms with E-state index < -0.39 is 5.82 Å². The average molecular weight is 272 g/mol. The molecule has 0 unspecified atom stereocenters. The topological polar surface area (TPSA) is 98.0 Å². The monoisotopic (exact) mass is 272 g/mol. The van der Waals surface area contributed by atoms with Gasteiger partial charge in [-0.25, -0.2) is 4.39 Å². The van der Waals surface area contributed by atoms with E-state index in [9.17, 15) is 4.39 Å². The molecule has 0 saturated heterocycles. The lowest BCUT2D eigenvalue weighted by molar-refractivity contribution is 0.439. The van der Waals surface area contributed by atoms with Crippen molar-refractivity contribution in [2.45, 2.75) is 0 Å². The Hall–Kier alpha value is -2.89. The second-order valence-corrected chi connectivity index (χ2v) is 3.91. The molecule has 2 rings (SSSR count). The third-order valence-corrected chi connectivity index (χ3v) is 2.57. The van der Waals surface area contributed by atoms with Crippen LogP contribution in [0.15, 0.2) is 42.7 Å². The Morgan fingerprint density at radius 3 is 2.55 bits per heavy atom. The number of rotatable bonds is 4. The van der Waals surface area contributed by atoms with Crippen molar-refractivity contribution in [1.82, 2.24) is 4.98 Å². The van der Waals surface area contributed by atoms with E-state index in [0.29, 0.717) is 11.4 Å². The fourth-order valence-corrected chi connectivity index (χ4v) is 1.56. The first-order valence-electron chi connectivity index (χ1n) is 5.76. The third kappa shape index (κ3) is 2.74. The average Bonchev–Trinajstić information content (AvgIpc) is 2.46. The summed E-state index contributed by atoms with van der Waals surface area (Å²) in [4.78, 5) is 3.86. The van der Waals surface area contributed by atoms with Crippen LogP contribution >= 0.6 is 0 Å². The molecule has 102 valence electrons. The minimum atomic E-state index is -0.676. The molecule has 20 heavy (non-hydrogen) atoms. The van der Waals surface area contributed by atoms with E-state index in [1.165, 1.54) is 12.3 Å². The lowest BCUT2D eigenvalue weighted by Gasteiger charge is -2.09. The Kier molecular flexibility index (Phi) is 3.95. The van der Waals surface area contributed by atoms with Gasteiger partial charge in [0.25, 0.3) is 0 Å². The third-order valence-electron chi connectivity index (χ3n) is 2.57. The Morgan fingerprint density at radius 2 is 1.95 bits per heavy atom. The predicted molar refractivity (Wildman–Crippen MR) is 76.1 cm³/mol. The minimum Gasteiger partial charge on any atom is -0.454 e. The SMILES string of the molecule is N=C/C(=C\N)c1nccc(Oc2ccc(N)cc2)c1F. The molecule has 5 N–H and O–H groups in total. The maximum Gasteiger partial charge on any atom is 0.192 e. The summed E-state index contributed by atoms with van der Waals surface area (Å²) >= 11 is 0. The highest BCUT2D eigenvalue weighted by Crippen LogP contribution is 2.27. The summed E-state index contributed by atoms with van der Waals surface area (Å²) < 4.78 is 19.7. The van der Waals surface area contributed by atoms with Gasteiger partial charge in [0.05, 0.1) is 0 Å². The van der Waals surface area contributed by atoms with Crippen LogP contribution in [0, 0.1) is 11.2 Å². The summed E-state index contributed by atoms with van der Waals surface area (Å²) in [6, 6.07) is 7.96. The molecule has 0 amide bonds. The van der Waals surface area contributed by atoms with Gasteiger partial charge in [0, 0.05) is 35.9 Å². The minimum absolute atomic E-state index is 0.000899. The highest BCUT2D eigenvalue weighted by atomic mass is 19.1. The smallest absolute Gasteiger partial charge is 0.192 e. The van der Waals surface area contributed by atoms with Gasteiger partial charge in [-0.3, -0.25) is 4.98 Å². The van der Waals surface area contributed by atoms with E-state index in [1.807, 2.05) is 0 Å². The van der Waals surface area contributed by atoms with Crippen molar-refractivity contribution in [3.8, 4) is 11.5 Å². The van der Waals surface area contributed by atoms with Gasteiger partial charge < -0.3 is 21.6 Å². The molecule has 0 bridgehead atoms. The van der Waals surface area contributed by atoms with E-state index >= 15 is 0 Å². The number of nitrogens with one attached hydrogen (secondary N) is 1. The van der Waals surface area contributed by atoms with Crippen LogP contribution in [0.1, 0.15) is 5.69 Å². The molecule has 0 radical (unpaired) electrons. The number of hydrogen-bond donors (Lipinski definition) is 3. The number of allylic oxidation sites excluding steroid dienone is 1. The second-order valence-electron chi connectivity index (χ2n) is 3.91. The van der Waals surface area contributed by atoms with Crippen molar-refractivity contribution in [2.75, 3.05) is 5.73 Å². The highest BCUT2D eigenvalue weighted by Gasteiger charge is 2.14. The van der Waals surface area contributed by atoms with Gasteiger partial charge in [-0.15, -0.1) is 0 Å². The second kappa shape index (κ2) is 5.83. The number of nitrogens with two attached hydrogens (primary N) is 2. The van der Waals surface area contributed by atoms with Crippen molar-refractivity contribution >= 4 is 17.5 Å². The Morgan fingerprint density at radius 1 is 1.25 bits per heavy atom. The molecule has 1 heterocycles. The number of nitrogen functional groups attached to an aromatic ring is 1. The van der Waals surface area contributed by atoms with Crippen LogP contribution < -0.4 is 16.2 Å². The van der Waals surface area contributed by atoms with Crippen molar-refractivity contribution in [2.24, 2.45) is 5.73 Å². The van der Waals surface area contributed by atoms with Crippen LogP contribution in [0.5, 0.6) is 11.5 Å². The normalized spacial score (nSPS) is 11.2. The molecule has 0 spiro atoms. The highest BCUT2D eigenvalue weighted by molar-refractivity contribution is 6.07. The molecule has 0 fully saturated rings. The summed E-state index contributed by atoms with van der Waals surface area (Å²) in [5, 5.41) is 7.17. The van der Waals surface area contributed by atoms with E-state index in [4.69, 9.17) is 21.6 Å². The van der Waals surface area contributed by atoms with Gasteiger partial charge in [0.2, 0.25) is 0 Å². The predicted octanol–water partition coefficient (Wildman–Crippen LogP) is 2.54. The maximum absolute atomic E-state index is 14.2. The van der Waals surface area contributed by atoms with Crippen LogP contribution in [0.25, 0.3) is 5.57 Å². The van der Waals surface area contributed by atoms with Gasteiger partial charge in [0.1, 0.15) is 11.4 Å². The molecule has 0 aliphatic carbocycles. The summed E-state index contributed by atoms with van der Waals surface area (Å²) in [5.41, 5.74) is 11.6. The summed E-state index contributed by atoms with van der Waals surface area (Å²) in [6.45, 7) is 0. The van der Waals surface area contributed by atoms with Crippen molar-refractivity contribution in [3.05, 3.63) is 54.2 Å². The van der Waals surface area contributed by atoms with Gasteiger partial charge in [-0.1, -0.05) is 0 Å². The molecule has 0 saturated carbocycles. The number of ether oxygens (including phenoxy) is 1. The first kappa shape index (κ1) is 13.5. The van der Waals surface area contributed by atoms with E-state index in [1.54, 1.807) is 24.3 Å². The molecule has 0 aliphatic rings. The first-order valence-corrected chi connectivity index (χ1v) is 5.76. The lowest BCUT2D eigenvalue weighted by atomic mass is 10.2. The molecule has 0 atom stereocenters. The summed E-state index contributed by atoms with van der Waals surface area (Å²) in [6.07, 6.45) is 3.43. The molecule has 2 aromatic rings. The van der Waals surface area contributed by atoms with E-state index in [-0.39, 0.29) is 17.0 Å². The van der Waals surface area contributed by atoms with Crippen molar-refractivity contribution in [1.29, 1.82) is 5.41 Å². The molecule has 0 aliphatic heterocycles. The van der Waals surface area contributed by atoms with Gasteiger partial charge in [0.15, 0.2) is 11.6 Å². The van der Waals surface area contributed by atoms with Crippen LogP contribution in [0.4, 0.5) is 10.1 Å². The Bertz CT molecular complexity index is 653. The maximum atomic E-state index is 14.2. The standard InChI is InChI=1S/C14H13FN4O/c15-13-12(20-11-3-1-10(18)2-4-11)5-6-19-14(13)9(7-16)8-17/h1-8,16H,17-18H2/b9-8+,16-7?. The quantitative estimate of drug-likeness (QED) is 0.588. The van der Waals surface area contributed by atoms with E-state index in [2.05, 4.69) is 4.98 Å². The van der Waals surface area contributed by atoms with Crippen molar-refractivity contribution in [3.63, 3.8) is 0 Å².